The van der Waals surface area contributed by atoms with Gasteiger partial charge in [-0.1, -0.05) is 28.1 Å². The van der Waals surface area contributed by atoms with Crippen molar-refractivity contribution in [2.45, 2.75) is 0 Å². The molecule has 14 heavy (non-hydrogen) atoms. The monoisotopic (exact) mass is 269 g/mol. The second kappa shape index (κ2) is 4.11. The molecule has 0 aliphatic carbocycles. The van der Waals surface area contributed by atoms with E-state index in [2.05, 4.69) is 21.2 Å². The molecule has 0 fully saturated rings. The van der Waals surface area contributed by atoms with Crippen molar-refractivity contribution < 1.29 is 4.79 Å². The van der Waals surface area contributed by atoms with Gasteiger partial charge in [-0.05, 0) is 22.9 Å². The van der Waals surface area contributed by atoms with E-state index in [9.17, 15) is 4.79 Å². The summed E-state index contributed by atoms with van der Waals surface area (Å²) in [5, 5.41) is 6.36. The number of carbonyl (C=O) groups is 1. The number of amides is 1. The molecule has 0 aliphatic rings. The Morgan fingerprint density at radius 1 is 1.43 bits per heavy atom. The van der Waals surface area contributed by atoms with E-state index in [1.807, 2.05) is 29.6 Å². The summed E-state index contributed by atoms with van der Waals surface area (Å²) in [6, 6.07) is 7.94. The van der Waals surface area contributed by atoms with Crippen LogP contribution in [-0.4, -0.2) is 11.2 Å². The fraction of sp³-hybridized carbons (Fsp3) is 0.100. The predicted octanol–water partition coefficient (Wildman–Crippen LogP) is 3.23. The summed E-state index contributed by atoms with van der Waals surface area (Å²) in [4.78, 5) is 11.2. The zero-order valence-electron chi connectivity index (χ0n) is 7.29. The minimum Gasteiger partial charge on any atom is -0.324 e. The number of carbonyl (C=O) groups excluding carboxylic acids is 1. The van der Waals surface area contributed by atoms with E-state index in [0.29, 0.717) is 5.33 Å². The summed E-state index contributed by atoms with van der Waals surface area (Å²) in [5.74, 6) is -0.0223. The quantitative estimate of drug-likeness (QED) is 0.834. The van der Waals surface area contributed by atoms with Crippen LogP contribution < -0.4 is 5.32 Å². The zero-order chi connectivity index (χ0) is 9.97. The van der Waals surface area contributed by atoms with E-state index in [1.54, 1.807) is 11.3 Å². The molecule has 0 radical (unpaired) electrons. The zero-order valence-corrected chi connectivity index (χ0v) is 9.69. The first-order valence-electron chi connectivity index (χ1n) is 4.13. The fourth-order valence-corrected chi connectivity index (χ4v) is 2.28. The van der Waals surface area contributed by atoms with Crippen molar-refractivity contribution >= 4 is 48.9 Å². The molecular formula is C10H8BrNOS. The average Bonchev–Trinajstić information content (AvgIpc) is 2.66. The molecule has 0 saturated carbocycles. The first kappa shape index (κ1) is 9.68. The highest BCUT2D eigenvalue weighted by Gasteiger charge is 2.04. The number of nitrogens with one attached hydrogen (secondary N) is 1. The van der Waals surface area contributed by atoms with Crippen LogP contribution in [0.1, 0.15) is 0 Å². The van der Waals surface area contributed by atoms with E-state index in [0.717, 1.165) is 10.4 Å². The van der Waals surface area contributed by atoms with Crippen LogP contribution in [-0.2, 0) is 4.79 Å². The molecular weight excluding hydrogens is 262 g/mol. The van der Waals surface area contributed by atoms with Gasteiger partial charge in [-0.25, -0.2) is 0 Å². The number of thiophene rings is 1. The largest absolute Gasteiger partial charge is 0.324 e. The minimum absolute atomic E-state index is 0.0223. The Balaban J connectivity index is 2.41. The van der Waals surface area contributed by atoms with Crippen molar-refractivity contribution in [2.75, 3.05) is 10.6 Å². The molecule has 0 saturated heterocycles. The van der Waals surface area contributed by atoms with Crippen molar-refractivity contribution in [1.29, 1.82) is 0 Å². The average molecular weight is 270 g/mol. The fourth-order valence-electron chi connectivity index (χ4n) is 1.28. The number of alkyl halides is 1. The second-order valence-corrected chi connectivity index (χ2v) is 4.30. The van der Waals surface area contributed by atoms with Crippen LogP contribution >= 0.6 is 27.3 Å². The lowest BCUT2D eigenvalue weighted by molar-refractivity contribution is -0.113. The van der Waals surface area contributed by atoms with Crippen LogP contribution in [0.15, 0.2) is 29.6 Å². The van der Waals surface area contributed by atoms with E-state index < -0.39 is 0 Å². The summed E-state index contributed by atoms with van der Waals surface area (Å²) in [6.07, 6.45) is 0. The Morgan fingerprint density at radius 2 is 2.29 bits per heavy atom. The molecule has 2 rings (SSSR count). The molecule has 1 amide bonds. The molecule has 72 valence electrons. The molecule has 1 N–H and O–H groups in total. The molecule has 0 spiro atoms. The lowest BCUT2D eigenvalue weighted by Crippen LogP contribution is -2.12. The summed E-state index contributed by atoms with van der Waals surface area (Å²) in [5.41, 5.74) is 0.891. The number of hydrogen-bond donors (Lipinski definition) is 1. The summed E-state index contributed by atoms with van der Waals surface area (Å²) >= 11 is 4.75. The third-order valence-corrected chi connectivity index (χ3v) is 3.35. The summed E-state index contributed by atoms with van der Waals surface area (Å²) in [6.45, 7) is 0. The van der Waals surface area contributed by atoms with Gasteiger partial charge in [-0.3, -0.25) is 4.79 Å². The Morgan fingerprint density at radius 3 is 3.07 bits per heavy atom. The van der Waals surface area contributed by atoms with Gasteiger partial charge < -0.3 is 5.32 Å². The number of rotatable bonds is 2. The Hall–Kier alpha value is -0.870. The standard InChI is InChI=1S/C10H8BrNOS/c11-6-9(13)12-8-3-1-2-7-4-5-14-10(7)8/h1-5H,6H2,(H,12,13). The van der Waals surface area contributed by atoms with E-state index in [4.69, 9.17) is 0 Å². The van der Waals surface area contributed by atoms with Crippen LogP contribution in [0, 0.1) is 0 Å². The molecule has 4 heteroatoms. The molecule has 2 aromatic rings. The number of fused-ring (bicyclic) bond motifs is 1. The molecule has 2 nitrogen and oxygen atoms in total. The molecule has 1 aromatic heterocycles. The predicted molar refractivity (Wildman–Crippen MR) is 64.2 cm³/mol. The topological polar surface area (TPSA) is 29.1 Å². The molecule has 0 bridgehead atoms. The van der Waals surface area contributed by atoms with Gasteiger partial charge in [0.2, 0.25) is 5.91 Å². The van der Waals surface area contributed by atoms with Gasteiger partial charge >= 0.3 is 0 Å². The number of anilines is 1. The van der Waals surface area contributed by atoms with E-state index >= 15 is 0 Å². The second-order valence-electron chi connectivity index (χ2n) is 2.83. The third-order valence-electron chi connectivity index (χ3n) is 1.87. The van der Waals surface area contributed by atoms with E-state index in [-0.39, 0.29) is 5.91 Å². The highest BCUT2D eigenvalue weighted by Crippen LogP contribution is 2.28. The van der Waals surface area contributed by atoms with Gasteiger partial charge in [0.15, 0.2) is 0 Å². The van der Waals surface area contributed by atoms with Crippen LogP contribution in [0.2, 0.25) is 0 Å². The van der Waals surface area contributed by atoms with Crippen molar-refractivity contribution in [2.24, 2.45) is 0 Å². The SMILES string of the molecule is O=C(CBr)Nc1cccc2ccsc12. The van der Waals surface area contributed by atoms with Crippen molar-refractivity contribution in [1.82, 2.24) is 0 Å². The first-order valence-corrected chi connectivity index (χ1v) is 6.13. The molecule has 0 aliphatic heterocycles. The minimum atomic E-state index is -0.0223. The first-order chi connectivity index (χ1) is 6.81. The van der Waals surface area contributed by atoms with Crippen LogP contribution in [0.5, 0.6) is 0 Å². The van der Waals surface area contributed by atoms with Crippen molar-refractivity contribution in [3.63, 3.8) is 0 Å². The molecule has 1 aromatic carbocycles. The third kappa shape index (κ3) is 1.81. The Labute approximate surface area is 94.1 Å². The summed E-state index contributed by atoms with van der Waals surface area (Å²) in [7, 11) is 0. The normalized spacial score (nSPS) is 10.4. The summed E-state index contributed by atoms with van der Waals surface area (Å²) < 4.78 is 1.13. The smallest absolute Gasteiger partial charge is 0.235 e. The van der Waals surface area contributed by atoms with Crippen LogP contribution in [0.3, 0.4) is 0 Å². The van der Waals surface area contributed by atoms with Gasteiger partial charge in [0.1, 0.15) is 0 Å². The van der Waals surface area contributed by atoms with Gasteiger partial charge in [0.25, 0.3) is 0 Å². The van der Waals surface area contributed by atoms with Crippen LogP contribution in [0.4, 0.5) is 5.69 Å². The van der Waals surface area contributed by atoms with Crippen molar-refractivity contribution in [3.05, 3.63) is 29.6 Å². The lowest BCUT2D eigenvalue weighted by Gasteiger charge is -2.03. The highest BCUT2D eigenvalue weighted by atomic mass is 79.9. The Bertz CT molecular complexity index is 466. The molecule has 0 unspecified atom stereocenters. The van der Waals surface area contributed by atoms with Gasteiger partial charge in [0, 0.05) is 0 Å². The maximum atomic E-state index is 11.2. The highest BCUT2D eigenvalue weighted by molar-refractivity contribution is 9.09. The number of benzene rings is 1. The van der Waals surface area contributed by atoms with E-state index in [1.165, 1.54) is 5.39 Å². The van der Waals surface area contributed by atoms with Gasteiger partial charge in [-0.2, -0.15) is 0 Å². The molecule has 0 atom stereocenters. The van der Waals surface area contributed by atoms with Crippen molar-refractivity contribution in [3.8, 4) is 0 Å². The maximum Gasteiger partial charge on any atom is 0.235 e. The van der Waals surface area contributed by atoms with Crippen LogP contribution in [0.25, 0.3) is 10.1 Å². The number of halogens is 1. The maximum absolute atomic E-state index is 11.2. The number of hydrogen-bond acceptors (Lipinski definition) is 2. The lowest BCUT2D eigenvalue weighted by atomic mass is 10.2. The Kier molecular flexibility index (Phi) is 2.84. The molecule has 1 heterocycles. The van der Waals surface area contributed by atoms with Gasteiger partial charge in [-0.15, -0.1) is 11.3 Å². The van der Waals surface area contributed by atoms with Gasteiger partial charge in [0.05, 0.1) is 15.7 Å².